The largest absolute Gasteiger partial charge is 0.377 e. The van der Waals surface area contributed by atoms with Crippen LogP contribution in [0.5, 0.6) is 0 Å². The molecule has 5 aromatic rings. The fraction of sp³-hybridized carbons (Fsp3) is 0.179. The Labute approximate surface area is 259 Å². The van der Waals surface area contributed by atoms with Crippen LogP contribution in [-0.4, -0.2) is 39.9 Å². The molecule has 0 spiro atoms. The van der Waals surface area contributed by atoms with Crippen LogP contribution in [0.15, 0.2) is 152 Å². The highest BCUT2D eigenvalue weighted by atomic mass is 16.4. The fourth-order valence-electron chi connectivity index (χ4n) is 5.84. The number of rotatable bonds is 7. The van der Waals surface area contributed by atoms with Crippen molar-refractivity contribution in [1.29, 1.82) is 0 Å². The van der Waals surface area contributed by atoms with Gasteiger partial charge in [0.15, 0.2) is 11.2 Å². The van der Waals surface area contributed by atoms with Gasteiger partial charge >= 0.3 is 0 Å². The first-order chi connectivity index (χ1) is 21.5. The molecule has 0 aromatic heterocycles. The van der Waals surface area contributed by atoms with Crippen molar-refractivity contribution < 1.29 is 19.8 Å². The summed E-state index contributed by atoms with van der Waals surface area (Å²) in [6.45, 7) is 1.44. The van der Waals surface area contributed by atoms with Crippen LogP contribution in [0.1, 0.15) is 51.9 Å². The van der Waals surface area contributed by atoms with Crippen molar-refractivity contribution in [2.75, 3.05) is 13.1 Å². The molecule has 1 aliphatic heterocycles. The Kier molecular flexibility index (Phi) is 9.80. The molecule has 5 aromatic carbocycles. The molecule has 6 rings (SSSR count). The first kappa shape index (κ1) is 30.6. The Morgan fingerprint density at radius 1 is 0.455 bits per heavy atom. The molecule has 0 bridgehead atoms. The van der Waals surface area contributed by atoms with Gasteiger partial charge in [0.2, 0.25) is 5.78 Å². The summed E-state index contributed by atoms with van der Waals surface area (Å²) in [7, 11) is 0. The molecule has 0 saturated carbocycles. The third-order valence-electron chi connectivity index (χ3n) is 8.16. The van der Waals surface area contributed by atoms with Crippen LogP contribution in [0.2, 0.25) is 0 Å². The lowest BCUT2D eigenvalue weighted by molar-refractivity contribution is -0.127. The number of Topliss-reactive ketones (excluding diaryl/α,β-unsaturated/α-hetero) is 1. The third kappa shape index (κ3) is 6.25. The van der Waals surface area contributed by atoms with Crippen LogP contribution in [0, 0.1) is 0 Å². The minimum absolute atomic E-state index is 0.356. The normalized spacial score (nSPS) is 13.4. The van der Waals surface area contributed by atoms with E-state index in [2.05, 4.69) is 0 Å². The second kappa shape index (κ2) is 14.1. The summed E-state index contributed by atoms with van der Waals surface area (Å²) < 4.78 is 0. The first-order valence-electron chi connectivity index (χ1n) is 15.0. The van der Waals surface area contributed by atoms with Crippen LogP contribution < -0.4 is 0 Å². The molecule has 2 N–H and O–H groups in total. The summed E-state index contributed by atoms with van der Waals surface area (Å²) in [6.07, 6.45) is 3.17. The lowest BCUT2D eigenvalue weighted by Crippen LogP contribution is -2.51. The smallest absolute Gasteiger partial charge is 0.294 e. The van der Waals surface area contributed by atoms with E-state index in [1.165, 1.54) is 0 Å². The molecule has 5 heteroatoms. The average molecular weight is 584 g/mol. The van der Waals surface area contributed by atoms with Crippen LogP contribution in [0.4, 0.5) is 0 Å². The highest BCUT2D eigenvalue weighted by molar-refractivity contribution is 6.42. The summed E-state index contributed by atoms with van der Waals surface area (Å²) in [5.41, 5.74) is -0.421. The van der Waals surface area contributed by atoms with Gasteiger partial charge in [-0.1, -0.05) is 152 Å². The van der Waals surface area contributed by atoms with Gasteiger partial charge in [0.05, 0.1) is 0 Å². The summed E-state index contributed by atoms with van der Waals surface area (Å²) in [6, 6.07) is 46.2. The zero-order valence-electron chi connectivity index (χ0n) is 24.6. The van der Waals surface area contributed by atoms with Crippen molar-refractivity contribution in [1.82, 2.24) is 4.90 Å². The minimum atomic E-state index is -1.70. The number of benzene rings is 5. The maximum absolute atomic E-state index is 12.3. The van der Waals surface area contributed by atoms with Gasteiger partial charge in [-0.05, 0) is 41.5 Å². The van der Waals surface area contributed by atoms with Crippen LogP contribution in [0.25, 0.3) is 0 Å². The second-order valence-corrected chi connectivity index (χ2v) is 10.9. The summed E-state index contributed by atoms with van der Waals surface area (Å²) in [4.78, 5) is 25.4. The van der Waals surface area contributed by atoms with Crippen molar-refractivity contribution in [3.8, 4) is 0 Å². The molecule has 0 aliphatic carbocycles. The van der Waals surface area contributed by atoms with Gasteiger partial charge in [-0.25, -0.2) is 0 Å². The third-order valence-corrected chi connectivity index (χ3v) is 8.16. The Morgan fingerprint density at radius 2 is 0.750 bits per heavy atom. The van der Waals surface area contributed by atoms with Gasteiger partial charge in [0.25, 0.3) is 5.91 Å². The molecule has 0 unspecified atom stereocenters. The number of nitrogens with zero attached hydrogens (tertiary/aromatic N) is 1. The first-order valence-corrected chi connectivity index (χ1v) is 15.0. The topological polar surface area (TPSA) is 77.8 Å². The highest BCUT2D eigenvalue weighted by Gasteiger charge is 2.54. The Balaban J connectivity index is 0.000000204. The van der Waals surface area contributed by atoms with E-state index in [1.807, 2.05) is 127 Å². The second-order valence-electron chi connectivity index (χ2n) is 10.9. The average Bonchev–Trinajstić information content (AvgIpc) is 3.12. The molecular formula is C39H37NO4. The van der Waals surface area contributed by atoms with Crippen molar-refractivity contribution in [2.24, 2.45) is 0 Å². The lowest BCUT2D eigenvalue weighted by atomic mass is 9.66. The number of ketones is 1. The maximum Gasteiger partial charge on any atom is 0.294 e. The Hall–Kier alpha value is -4.84. The molecule has 0 atom stereocenters. The fourth-order valence-corrected chi connectivity index (χ4v) is 5.84. The van der Waals surface area contributed by atoms with Crippen LogP contribution in [0.3, 0.4) is 0 Å². The monoisotopic (exact) mass is 583 g/mol. The van der Waals surface area contributed by atoms with E-state index in [9.17, 15) is 19.8 Å². The zero-order chi connectivity index (χ0) is 30.8. The molecule has 44 heavy (non-hydrogen) atoms. The van der Waals surface area contributed by atoms with Crippen molar-refractivity contribution in [3.63, 3.8) is 0 Å². The van der Waals surface area contributed by atoms with Crippen molar-refractivity contribution >= 4 is 11.7 Å². The zero-order valence-corrected chi connectivity index (χ0v) is 24.6. The van der Waals surface area contributed by atoms with Gasteiger partial charge in [0.1, 0.15) is 0 Å². The number of aliphatic hydroxyl groups is 2. The SMILES string of the molecule is O=C(C(=O)N1CCCCC1)c1ccccc1.OC(c1ccccc1)(c1ccccc1)C(O)(c1ccccc1)c1ccccc1. The number of carbonyl (C=O) groups is 2. The van der Waals surface area contributed by atoms with E-state index in [-0.39, 0.29) is 11.7 Å². The van der Waals surface area contributed by atoms with Gasteiger partial charge in [-0.15, -0.1) is 0 Å². The number of carbonyl (C=O) groups excluding carboxylic acids is 2. The van der Waals surface area contributed by atoms with E-state index in [0.29, 0.717) is 27.8 Å². The Bertz CT molecular complexity index is 1450. The van der Waals surface area contributed by atoms with E-state index in [4.69, 9.17) is 0 Å². The van der Waals surface area contributed by atoms with Gasteiger partial charge in [-0.2, -0.15) is 0 Å². The number of hydrogen-bond donors (Lipinski definition) is 2. The summed E-state index contributed by atoms with van der Waals surface area (Å²) in [5.74, 6) is -0.742. The van der Waals surface area contributed by atoms with E-state index < -0.39 is 11.2 Å². The molecule has 1 saturated heterocycles. The summed E-state index contributed by atoms with van der Waals surface area (Å²) >= 11 is 0. The number of piperidine rings is 1. The molecule has 1 amide bonds. The highest BCUT2D eigenvalue weighted by Crippen LogP contribution is 2.49. The molecule has 1 heterocycles. The predicted octanol–water partition coefficient (Wildman–Crippen LogP) is 6.74. The molecular weight excluding hydrogens is 546 g/mol. The molecule has 5 nitrogen and oxygen atoms in total. The molecule has 0 radical (unpaired) electrons. The van der Waals surface area contributed by atoms with Gasteiger partial charge < -0.3 is 15.1 Å². The lowest BCUT2D eigenvalue weighted by Gasteiger charge is -2.45. The molecule has 222 valence electrons. The number of amides is 1. The number of likely N-dealkylation sites (tertiary alicyclic amines) is 1. The molecule has 1 aliphatic rings. The van der Waals surface area contributed by atoms with E-state index in [0.717, 1.165) is 32.4 Å². The summed E-state index contributed by atoms with van der Waals surface area (Å²) in [5, 5.41) is 24.7. The Morgan fingerprint density at radius 3 is 1.07 bits per heavy atom. The van der Waals surface area contributed by atoms with E-state index >= 15 is 0 Å². The molecule has 1 fully saturated rings. The quantitative estimate of drug-likeness (QED) is 0.164. The van der Waals surface area contributed by atoms with Gasteiger partial charge in [-0.3, -0.25) is 9.59 Å². The van der Waals surface area contributed by atoms with Crippen molar-refractivity contribution in [3.05, 3.63) is 179 Å². The standard InChI is InChI=1S/C26H22O2.C13H15NO2/c27-25(21-13-5-1-6-14-21,22-15-7-2-8-16-22)26(28,23-17-9-3-10-18-23)24-19-11-4-12-20-24;15-12(11-7-3-1-4-8-11)13(16)14-9-5-2-6-10-14/h1-20,27-28H;1,3-4,7-8H,2,5-6,9-10H2. The van der Waals surface area contributed by atoms with Crippen molar-refractivity contribution in [2.45, 2.75) is 30.5 Å². The van der Waals surface area contributed by atoms with Gasteiger partial charge in [0, 0.05) is 18.7 Å². The van der Waals surface area contributed by atoms with Crippen LogP contribution in [-0.2, 0) is 16.0 Å². The minimum Gasteiger partial charge on any atom is -0.377 e. The number of hydrogen-bond acceptors (Lipinski definition) is 4. The van der Waals surface area contributed by atoms with E-state index in [1.54, 1.807) is 29.2 Å². The van der Waals surface area contributed by atoms with Crippen LogP contribution >= 0.6 is 0 Å². The predicted molar refractivity (Wildman–Crippen MR) is 173 cm³/mol. The maximum atomic E-state index is 12.3.